The van der Waals surface area contributed by atoms with E-state index in [4.69, 9.17) is 0 Å². The summed E-state index contributed by atoms with van der Waals surface area (Å²) in [6, 6.07) is 0.383. The lowest BCUT2D eigenvalue weighted by atomic mass is 10.1. The first-order valence-electron chi connectivity index (χ1n) is 6.00. The van der Waals surface area contributed by atoms with Gasteiger partial charge < -0.3 is 10.6 Å². The SMILES string of the molecule is CC(C)NC(=O)CCCCC(=O)NC(C)C. The fraction of sp³-hybridized carbons (Fsp3) is 0.833. The van der Waals surface area contributed by atoms with Gasteiger partial charge in [-0.2, -0.15) is 0 Å². The van der Waals surface area contributed by atoms with Crippen LogP contribution in [0.3, 0.4) is 0 Å². The zero-order valence-electron chi connectivity index (χ0n) is 10.8. The molecule has 2 N–H and O–H groups in total. The van der Waals surface area contributed by atoms with Gasteiger partial charge in [-0.3, -0.25) is 9.59 Å². The van der Waals surface area contributed by atoms with Crippen molar-refractivity contribution in [2.45, 2.75) is 65.5 Å². The van der Waals surface area contributed by atoms with Gasteiger partial charge in [0.15, 0.2) is 0 Å². The van der Waals surface area contributed by atoms with Crippen LogP contribution in [0.4, 0.5) is 0 Å². The van der Waals surface area contributed by atoms with Crippen LogP contribution < -0.4 is 10.6 Å². The van der Waals surface area contributed by atoms with Gasteiger partial charge in [-0.1, -0.05) is 0 Å². The standard InChI is InChI=1S/C12H24N2O2/c1-9(2)13-11(15)7-5-6-8-12(16)14-10(3)4/h9-10H,5-8H2,1-4H3,(H,13,15)(H,14,16). The molecule has 0 spiro atoms. The number of nitrogens with one attached hydrogen (secondary N) is 2. The Kier molecular flexibility index (Phi) is 7.60. The Labute approximate surface area is 98.2 Å². The maximum Gasteiger partial charge on any atom is 0.220 e. The van der Waals surface area contributed by atoms with Crippen LogP contribution in [0.25, 0.3) is 0 Å². The molecule has 2 amide bonds. The van der Waals surface area contributed by atoms with E-state index in [1.54, 1.807) is 0 Å². The van der Waals surface area contributed by atoms with Crippen LogP contribution >= 0.6 is 0 Å². The fourth-order valence-corrected chi connectivity index (χ4v) is 1.36. The van der Waals surface area contributed by atoms with Crippen molar-refractivity contribution >= 4 is 11.8 Å². The highest BCUT2D eigenvalue weighted by Gasteiger charge is 2.05. The number of hydrogen-bond acceptors (Lipinski definition) is 2. The van der Waals surface area contributed by atoms with Gasteiger partial charge >= 0.3 is 0 Å². The average Bonchev–Trinajstić information content (AvgIpc) is 2.10. The van der Waals surface area contributed by atoms with Crippen LogP contribution in [0.1, 0.15) is 53.4 Å². The van der Waals surface area contributed by atoms with Crippen LogP contribution in [0.5, 0.6) is 0 Å². The lowest BCUT2D eigenvalue weighted by Gasteiger charge is -2.09. The van der Waals surface area contributed by atoms with Gasteiger partial charge in [-0.05, 0) is 40.5 Å². The van der Waals surface area contributed by atoms with Gasteiger partial charge in [0.1, 0.15) is 0 Å². The van der Waals surface area contributed by atoms with Crippen LogP contribution in [0.2, 0.25) is 0 Å². The van der Waals surface area contributed by atoms with E-state index in [0.29, 0.717) is 12.8 Å². The molecule has 0 aliphatic heterocycles. The Bertz CT molecular complexity index is 201. The maximum absolute atomic E-state index is 11.3. The molecule has 0 aliphatic rings. The lowest BCUT2D eigenvalue weighted by molar-refractivity contribution is -0.123. The minimum absolute atomic E-state index is 0.0688. The zero-order chi connectivity index (χ0) is 12.6. The van der Waals surface area contributed by atoms with Gasteiger partial charge in [-0.15, -0.1) is 0 Å². The van der Waals surface area contributed by atoms with Crippen molar-refractivity contribution in [2.75, 3.05) is 0 Å². The summed E-state index contributed by atoms with van der Waals surface area (Å²) < 4.78 is 0. The molecule has 0 bridgehead atoms. The van der Waals surface area contributed by atoms with Crippen molar-refractivity contribution in [1.82, 2.24) is 10.6 Å². The summed E-state index contributed by atoms with van der Waals surface area (Å²) in [4.78, 5) is 22.5. The van der Waals surface area contributed by atoms with Gasteiger partial charge in [0.05, 0.1) is 0 Å². The van der Waals surface area contributed by atoms with Crippen LogP contribution in [-0.2, 0) is 9.59 Å². The van der Waals surface area contributed by atoms with Crippen LogP contribution in [-0.4, -0.2) is 23.9 Å². The third kappa shape index (κ3) is 9.49. The molecular weight excluding hydrogens is 204 g/mol. The third-order valence-corrected chi connectivity index (χ3v) is 1.96. The Morgan fingerprint density at radius 3 is 1.38 bits per heavy atom. The Morgan fingerprint density at radius 1 is 0.812 bits per heavy atom. The number of carbonyl (C=O) groups is 2. The van der Waals surface area contributed by atoms with E-state index >= 15 is 0 Å². The molecule has 4 heteroatoms. The molecule has 0 unspecified atom stereocenters. The normalized spacial score (nSPS) is 10.6. The molecule has 0 rings (SSSR count). The summed E-state index contributed by atoms with van der Waals surface area (Å²) in [5.41, 5.74) is 0. The number of rotatable bonds is 7. The maximum atomic E-state index is 11.3. The number of hydrogen-bond donors (Lipinski definition) is 2. The molecule has 0 aromatic heterocycles. The predicted molar refractivity (Wildman–Crippen MR) is 65.0 cm³/mol. The minimum atomic E-state index is 0.0688. The molecule has 0 aliphatic carbocycles. The summed E-state index contributed by atoms with van der Waals surface area (Å²) in [5.74, 6) is 0.138. The zero-order valence-corrected chi connectivity index (χ0v) is 10.8. The Balaban J connectivity index is 3.46. The van der Waals surface area contributed by atoms with Crippen molar-refractivity contribution < 1.29 is 9.59 Å². The van der Waals surface area contributed by atoms with E-state index in [0.717, 1.165) is 12.8 Å². The summed E-state index contributed by atoms with van der Waals surface area (Å²) >= 11 is 0. The van der Waals surface area contributed by atoms with Crippen molar-refractivity contribution in [3.8, 4) is 0 Å². The summed E-state index contributed by atoms with van der Waals surface area (Å²) in [5, 5.41) is 5.65. The summed E-state index contributed by atoms with van der Waals surface area (Å²) in [6.45, 7) is 7.75. The summed E-state index contributed by atoms with van der Waals surface area (Å²) in [7, 11) is 0. The van der Waals surface area contributed by atoms with Crippen molar-refractivity contribution in [3.05, 3.63) is 0 Å². The Morgan fingerprint density at radius 2 is 1.12 bits per heavy atom. The van der Waals surface area contributed by atoms with Gasteiger partial charge in [-0.25, -0.2) is 0 Å². The molecule has 0 aromatic rings. The van der Waals surface area contributed by atoms with E-state index in [1.165, 1.54) is 0 Å². The van der Waals surface area contributed by atoms with E-state index in [9.17, 15) is 9.59 Å². The quantitative estimate of drug-likeness (QED) is 0.650. The molecule has 0 radical (unpaired) electrons. The molecule has 0 saturated heterocycles. The average molecular weight is 228 g/mol. The highest BCUT2D eigenvalue weighted by molar-refractivity contribution is 5.77. The minimum Gasteiger partial charge on any atom is -0.354 e. The van der Waals surface area contributed by atoms with Gasteiger partial charge in [0.25, 0.3) is 0 Å². The number of carbonyl (C=O) groups excluding carboxylic acids is 2. The molecule has 0 saturated carbocycles. The second kappa shape index (κ2) is 8.13. The first-order valence-corrected chi connectivity index (χ1v) is 6.00. The topological polar surface area (TPSA) is 58.2 Å². The first kappa shape index (κ1) is 14.9. The molecule has 0 fully saturated rings. The van der Waals surface area contributed by atoms with Crippen molar-refractivity contribution in [2.24, 2.45) is 0 Å². The van der Waals surface area contributed by atoms with Gasteiger partial charge in [0.2, 0.25) is 11.8 Å². The molecule has 0 atom stereocenters. The number of amides is 2. The smallest absolute Gasteiger partial charge is 0.220 e. The summed E-state index contributed by atoms with van der Waals surface area (Å²) in [6.07, 6.45) is 2.55. The van der Waals surface area contributed by atoms with E-state index < -0.39 is 0 Å². The Hall–Kier alpha value is -1.06. The largest absolute Gasteiger partial charge is 0.354 e. The monoisotopic (exact) mass is 228 g/mol. The van der Waals surface area contributed by atoms with Crippen molar-refractivity contribution in [1.29, 1.82) is 0 Å². The molecule has 0 heterocycles. The second-order valence-corrected chi connectivity index (χ2v) is 4.65. The third-order valence-electron chi connectivity index (χ3n) is 1.96. The molecule has 0 aromatic carbocycles. The first-order chi connectivity index (χ1) is 7.41. The predicted octanol–water partition coefficient (Wildman–Crippen LogP) is 1.60. The number of unbranched alkanes of at least 4 members (excludes halogenated alkanes) is 1. The van der Waals surface area contributed by atoms with Crippen LogP contribution in [0, 0.1) is 0 Å². The fourth-order valence-electron chi connectivity index (χ4n) is 1.36. The molecule has 94 valence electrons. The van der Waals surface area contributed by atoms with Crippen LogP contribution in [0.15, 0.2) is 0 Å². The highest BCUT2D eigenvalue weighted by Crippen LogP contribution is 2.00. The van der Waals surface area contributed by atoms with Crippen molar-refractivity contribution in [3.63, 3.8) is 0 Å². The van der Waals surface area contributed by atoms with E-state index in [1.807, 2.05) is 27.7 Å². The lowest BCUT2D eigenvalue weighted by Crippen LogP contribution is -2.30. The molecular formula is C12H24N2O2. The second-order valence-electron chi connectivity index (χ2n) is 4.65. The van der Waals surface area contributed by atoms with E-state index in [-0.39, 0.29) is 23.9 Å². The van der Waals surface area contributed by atoms with E-state index in [2.05, 4.69) is 10.6 Å². The van der Waals surface area contributed by atoms with Gasteiger partial charge in [0, 0.05) is 24.9 Å². The highest BCUT2D eigenvalue weighted by atomic mass is 16.2. The molecule has 4 nitrogen and oxygen atoms in total. The molecule has 16 heavy (non-hydrogen) atoms.